The number of carbonyl (C=O) groups is 2. The third-order valence-corrected chi connectivity index (χ3v) is 3.53. The number of nitrogens with one attached hydrogen (secondary N) is 1. The molecule has 1 aliphatic rings. The number of hydrogen-bond acceptors (Lipinski definition) is 4. The van der Waals surface area contributed by atoms with Gasteiger partial charge in [-0.25, -0.2) is 0 Å². The second-order valence-electron chi connectivity index (χ2n) is 4.91. The number of pyridine rings is 1. The van der Waals surface area contributed by atoms with Crippen molar-refractivity contribution in [2.45, 2.75) is 39.0 Å². The molecule has 1 aromatic heterocycles. The number of piperidine rings is 1. The van der Waals surface area contributed by atoms with Gasteiger partial charge >= 0.3 is 0 Å². The van der Waals surface area contributed by atoms with Crippen LogP contribution in [0.1, 0.15) is 41.3 Å². The smallest absolute Gasteiger partial charge is 0.235 e. The summed E-state index contributed by atoms with van der Waals surface area (Å²) >= 11 is 0. The average Bonchev–Trinajstić information content (AvgIpc) is 2.33. The molecular formula is C14H18N2O3. The molecule has 5 heteroatoms. The van der Waals surface area contributed by atoms with Gasteiger partial charge in [0.15, 0.2) is 0 Å². The lowest BCUT2D eigenvalue weighted by atomic mass is 9.92. The van der Waals surface area contributed by atoms with Crippen molar-refractivity contribution in [2.75, 3.05) is 6.61 Å². The Bertz CT molecular complexity index is 502. The van der Waals surface area contributed by atoms with Crippen LogP contribution in [0.5, 0.6) is 0 Å². The van der Waals surface area contributed by atoms with Gasteiger partial charge < -0.3 is 5.11 Å². The third kappa shape index (κ3) is 2.81. The molecule has 102 valence electrons. The van der Waals surface area contributed by atoms with Gasteiger partial charge in [-0.15, -0.1) is 0 Å². The zero-order valence-electron chi connectivity index (χ0n) is 11.2. The summed E-state index contributed by atoms with van der Waals surface area (Å²) in [5, 5.41) is 11.4. The molecule has 1 atom stereocenters. The topological polar surface area (TPSA) is 79.3 Å². The Morgan fingerprint density at radius 1 is 1.42 bits per heavy atom. The average molecular weight is 262 g/mol. The summed E-state index contributed by atoms with van der Waals surface area (Å²) in [6.45, 7) is 3.92. The van der Waals surface area contributed by atoms with Crippen LogP contribution in [0, 0.1) is 13.8 Å². The second kappa shape index (κ2) is 5.48. The second-order valence-corrected chi connectivity index (χ2v) is 4.91. The first-order valence-electron chi connectivity index (χ1n) is 6.44. The molecule has 1 aromatic rings. The van der Waals surface area contributed by atoms with Crippen LogP contribution >= 0.6 is 0 Å². The van der Waals surface area contributed by atoms with Crippen molar-refractivity contribution in [1.82, 2.24) is 10.3 Å². The summed E-state index contributed by atoms with van der Waals surface area (Å²) in [6.07, 6.45) is 1.44. The van der Waals surface area contributed by atoms with E-state index in [1.165, 1.54) is 0 Å². The van der Waals surface area contributed by atoms with E-state index in [9.17, 15) is 9.59 Å². The van der Waals surface area contributed by atoms with Crippen LogP contribution < -0.4 is 5.32 Å². The number of aromatic nitrogens is 1. The van der Waals surface area contributed by atoms with Crippen molar-refractivity contribution < 1.29 is 14.7 Å². The minimum absolute atomic E-state index is 0.0844. The molecule has 0 bridgehead atoms. The van der Waals surface area contributed by atoms with Gasteiger partial charge in [-0.1, -0.05) is 0 Å². The fourth-order valence-electron chi connectivity index (χ4n) is 2.53. The molecule has 1 unspecified atom stereocenters. The highest BCUT2D eigenvalue weighted by molar-refractivity contribution is 6.00. The number of rotatable bonds is 3. The normalized spacial score (nSPS) is 19.4. The molecular weight excluding hydrogens is 244 g/mol. The number of amides is 2. The van der Waals surface area contributed by atoms with Gasteiger partial charge in [0.2, 0.25) is 11.8 Å². The first kappa shape index (κ1) is 13.7. The van der Waals surface area contributed by atoms with Gasteiger partial charge in [0.05, 0.1) is 11.6 Å². The molecule has 0 spiro atoms. The Balaban J connectivity index is 2.31. The number of carbonyl (C=O) groups excluding carboxylic acids is 2. The number of nitrogens with zero attached hydrogens (tertiary/aromatic N) is 1. The largest absolute Gasteiger partial charge is 0.396 e. The lowest BCUT2D eigenvalue weighted by Crippen LogP contribution is -2.39. The molecule has 2 rings (SSSR count). The van der Waals surface area contributed by atoms with E-state index in [4.69, 9.17) is 5.11 Å². The van der Waals surface area contributed by atoms with Crippen molar-refractivity contribution in [1.29, 1.82) is 0 Å². The van der Waals surface area contributed by atoms with Crippen LogP contribution in [-0.4, -0.2) is 28.5 Å². The maximum atomic E-state index is 11.8. The zero-order valence-corrected chi connectivity index (χ0v) is 11.2. The fourth-order valence-corrected chi connectivity index (χ4v) is 2.53. The maximum absolute atomic E-state index is 11.8. The molecule has 2 heterocycles. The minimum atomic E-state index is -0.349. The van der Waals surface area contributed by atoms with E-state index in [0.717, 1.165) is 16.8 Å². The SMILES string of the molecule is Cc1cc(C2CCC(=O)NC2=O)nc(C)c1CCO. The Hall–Kier alpha value is -1.75. The van der Waals surface area contributed by atoms with E-state index in [1.54, 1.807) is 0 Å². The number of aliphatic hydroxyl groups excluding tert-OH is 1. The molecule has 2 N–H and O–H groups in total. The fraction of sp³-hybridized carbons (Fsp3) is 0.500. The maximum Gasteiger partial charge on any atom is 0.235 e. The first-order chi connectivity index (χ1) is 9.02. The Labute approximate surface area is 112 Å². The van der Waals surface area contributed by atoms with Crippen LogP contribution in [0.3, 0.4) is 0 Å². The van der Waals surface area contributed by atoms with E-state index in [2.05, 4.69) is 10.3 Å². The van der Waals surface area contributed by atoms with E-state index in [-0.39, 0.29) is 24.3 Å². The molecule has 0 aliphatic carbocycles. The third-order valence-electron chi connectivity index (χ3n) is 3.53. The first-order valence-corrected chi connectivity index (χ1v) is 6.44. The molecule has 19 heavy (non-hydrogen) atoms. The predicted molar refractivity (Wildman–Crippen MR) is 69.6 cm³/mol. The molecule has 0 saturated carbocycles. The molecule has 0 aromatic carbocycles. The molecule has 2 amide bonds. The number of hydrogen-bond donors (Lipinski definition) is 2. The number of aryl methyl sites for hydroxylation is 2. The van der Waals surface area contributed by atoms with Crippen LogP contribution in [0.4, 0.5) is 0 Å². The van der Waals surface area contributed by atoms with Gasteiger partial charge in [0.1, 0.15) is 0 Å². The lowest BCUT2D eigenvalue weighted by molar-refractivity contribution is -0.134. The van der Waals surface area contributed by atoms with Crippen LogP contribution in [0.2, 0.25) is 0 Å². The summed E-state index contributed by atoms with van der Waals surface area (Å²) in [5.74, 6) is -0.831. The summed E-state index contributed by atoms with van der Waals surface area (Å²) in [4.78, 5) is 27.4. The number of imide groups is 1. The molecule has 1 fully saturated rings. The Morgan fingerprint density at radius 3 is 2.74 bits per heavy atom. The van der Waals surface area contributed by atoms with Crippen molar-refractivity contribution >= 4 is 11.8 Å². The quantitative estimate of drug-likeness (QED) is 0.788. The predicted octanol–water partition coefficient (Wildman–Crippen LogP) is 0.753. The van der Waals surface area contributed by atoms with Crippen molar-refractivity contribution in [3.05, 3.63) is 28.6 Å². The highest BCUT2D eigenvalue weighted by Gasteiger charge is 2.29. The molecule has 5 nitrogen and oxygen atoms in total. The Kier molecular flexibility index (Phi) is 3.95. The standard InChI is InChI=1S/C14H18N2O3/c1-8-7-12(15-9(2)10(8)5-6-17)11-3-4-13(18)16-14(11)19/h7,11,17H,3-6H2,1-2H3,(H,16,18,19). The number of aliphatic hydroxyl groups is 1. The Morgan fingerprint density at radius 2 is 2.16 bits per heavy atom. The summed E-state index contributed by atoms with van der Waals surface area (Å²) in [7, 11) is 0. The van der Waals surface area contributed by atoms with Gasteiger partial charge in [-0.05, 0) is 43.9 Å². The van der Waals surface area contributed by atoms with Gasteiger partial charge in [-0.3, -0.25) is 19.9 Å². The van der Waals surface area contributed by atoms with Crippen LogP contribution in [-0.2, 0) is 16.0 Å². The van der Waals surface area contributed by atoms with Gasteiger partial charge in [0, 0.05) is 18.7 Å². The highest BCUT2D eigenvalue weighted by Crippen LogP contribution is 2.26. The van der Waals surface area contributed by atoms with Crippen LogP contribution in [0.25, 0.3) is 0 Å². The molecule has 0 radical (unpaired) electrons. The van der Waals surface area contributed by atoms with E-state index < -0.39 is 0 Å². The van der Waals surface area contributed by atoms with Crippen LogP contribution in [0.15, 0.2) is 6.07 Å². The van der Waals surface area contributed by atoms with Crippen molar-refractivity contribution in [2.24, 2.45) is 0 Å². The molecule has 1 aliphatic heterocycles. The highest BCUT2D eigenvalue weighted by atomic mass is 16.3. The van der Waals surface area contributed by atoms with Gasteiger partial charge in [0.25, 0.3) is 0 Å². The minimum Gasteiger partial charge on any atom is -0.396 e. The van der Waals surface area contributed by atoms with E-state index >= 15 is 0 Å². The van der Waals surface area contributed by atoms with Crippen molar-refractivity contribution in [3.63, 3.8) is 0 Å². The zero-order chi connectivity index (χ0) is 14.0. The van der Waals surface area contributed by atoms with Crippen molar-refractivity contribution in [3.8, 4) is 0 Å². The van der Waals surface area contributed by atoms with E-state index in [0.29, 0.717) is 25.0 Å². The summed E-state index contributed by atoms with van der Waals surface area (Å²) in [5.41, 5.74) is 3.61. The molecule has 1 saturated heterocycles. The summed E-state index contributed by atoms with van der Waals surface area (Å²) < 4.78 is 0. The van der Waals surface area contributed by atoms with E-state index in [1.807, 2.05) is 19.9 Å². The summed E-state index contributed by atoms with van der Waals surface area (Å²) in [6, 6.07) is 1.89. The monoisotopic (exact) mass is 262 g/mol. The lowest BCUT2D eigenvalue weighted by Gasteiger charge is -2.22. The van der Waals surface area contributed by atoms with Gasteiger partial charge in [-0.2, -0.15) is 0 Å².